The quantitative estimate of drug-likeness (QED) is 0.914. The molecule has 0 aliphatic carbocycles. The predicted molar refractivity (Wildman–Crippen MR) is 79.9 cm³/mol. The second-order valence-corrected chi connectivity index (χ2v) is 5.74. The summed E-state index contributed by atoms with van der Waals surface area (Å²) in [5, 5.41) is 6.85. The van der Waals surface area contributed by atoms with E-state index in [0.717, 1.165) is 11.3 Å². The van der Waals surface area contributed by atoms with Gasteiger partial charge in [-0.25, -0.2) is 9.67 Å². The monoisotopic (exact) mass is 288 g/mol. The van der Waals surface area contributed by atoms with E-state index in [9.17, 15) is 4.79 Å². The summed E-state index contributed by atoms with van der Waals surface area (Å²) >= 11 is 0. The minimum absolute atomic E-state index is 0.0458. The first-order valence-corrected chi connectivity index (χ1v) is 6.77. The molecule has 0 spiro atoms. The molecule has 0 aliphatic rings. The van der Waals surface area contributed by atoms with E-state index in [2.05, 4.69) is 15.4 Å². The zero-order valence-electron chi connectivity index (χ0n) is 12.5. The maximum absolute atomic E-state index is 11.7. The summed E-state index contributed by atoms with van der Waals surface area (Å²) in [5.74, 6) is -0.158. The van der Waals surface area contributed by atoms with Crippen molar-refractivity contribution in [2.45, 2.75) is 32.9 Å². The van der Waals surface area contributed by atoms with Gasteiger partial charge < -0.3 is 10.1 Å². The molecule has 0 radical (unpaired) electrons. The number of hydrogen-bond acceptors (Lipinski definition) is 4. The second-order valence-electron chi connectivity index (χ2n) is 5.74. The number of nitrogens with zero attached hydrogens (tertiary/aromatic N) is 3. The third kappa shape index (κ3) is 5.35. The van der Waals surface area contributed by atoms with Crippen LogP contribution in [0.5, 0.6) is 0 Å². The zero-order valence-corrected chi connectivity index (χ0v) is 12.5. The van der Waals surface area contributed by atoms with Crippen LogP contribution in [0.3, 0.4) is 0 Å². The Morgan fingerprint density at radius 2 is 2.00 bits per heavy atom. The molecule has 0 fully saturated rings. The summed E-state index contributed by atoms with van der Waals surface area (Å²) in [5.41, 5.74) is 1.52. The smallest absolute Gasteiger partial charge is 0.250 e. The molecule has 0 saturated carbocycles. The lowest BCUT2D eigenvalue weighted by molar-refractivity contribution is -0.125. The number of hydrogen-bond donors (Lipinski definition) is 1. The van der Waals surface area contributed by atoms with E-state index in [4.69, 9.17) is 4.74 Å². The number of rotatable bonds is 5. The van der Waals surface area contributed by atoms with Gasteiger partial charge in [0.25, 0.3) is 0 Å². The van der Waals surface area contributed by atoms with Gasteiger partial charge in [0.15, 0.2) is 0 Å². The largest absolute Gasteiger partial charge is 0.366 e. The van der Waals surface area contributed by atoms with Gasteiger partial charge in [0.1, 0.15) is 19.3 Å². The first-order chi connectivity index (χ1) is 9.92. The number of anilines is 1. The molecular weight excluding hydrogens is 268 g/mol. The molecule has 6 nitrogen and oxygen atoms in total. The van der Waals surface area contributed by atoms with Gasteiger partial charge in [0.05, 0.1) is 12.1 Å². The van der Waals surface area contributed by atoms with Crippen molar-refractivity contribution < 1.29 is 9.53 Å². The summed E-state index contributed by atoms with van der Waals surface area (Å²) < 4.78 is 7.17. The normalized spacial score (nSPS) is 11.4. The maximum atomic E-state index is 11.7. The molecule has 6 heteroatoms. The third-order valence-corrected chi connectivity index (χ3v) is 2.69. The van der Waals surface area contributed by atoms with Crippen molar-refractivity contribution in [3.05, 3.63) is 42.5 Å². The summed E-state index contributed by atoms with van der Waals surface area (Å²) in [4.78, 5) is 15.6. The minimum Gasteiger partial charge on any atom is -0.366 e. The first-order valence-electron chi connectivity index (χ1n) is 6.77. The highest BCUT2D eigenvalue weighted by molar-refractivity contribution is 5.91. The van der Waals surface area contributed by atoms with Gasteiger partial charge in [-0.05, 0) is 38.5 Å². The highest BCUT2D eigenvalue weighted by Crippen LogP contribution is 2.11. The Bertz CT molecular complexity index is 571. The molecule has 1 aromatic heterocycles. The topological polar surface area (TPSA) is 69.0 Å². The molecule has 2 rings (SSSR count). The molecule has 0 bridgehead atoms. The fourth-order valence-electron chi connectivity index (χ4n) is 1.67. The number of carbonyl (C=O) groups is 1. The van der Waals surface area contributed by atoms with Gasteiger partial charge in [0, 0.05) is 5.69 Å². The molecule has 1 amide bonds. The van der Waals surface area contributed by atoms with Gasteiger partial charge in [-0.3, -0.25) is 4.79 Å². The average Bonchev–Trinajstić information content (AvgIpc) is 2.91. The van der Waals surface area contributed by atoms with Crippen LogP contribution in [0.15, 0.2) is 36.9 Å². The Labute approximate surface area is 124 Å². The Morgan fingerprint density at radius 3 is 2.57 bits per heavy atom. The van der Waals surface area contributed by atoms with Crippen LogP contribution >= 0.6 is 0 Å². The van der Waals surface area contributed by atoms with Crippen LogP contribution in [0, 0.1) is 0 Å². The molecule has 2 aromatic rings. The Balaban J connectivity index is 1.86. The van der Waals surface area contributed by atoms with E-state index >= 15 is 0 Å². The van der Waals surface area contributed by atoms with Gasteiger partial charge in [0.2, 0.25) is 5.91 Å². The van der Waals surface area contributed by atoms with Gasteiger partial charge >= 0.3 is 0 Å². The molecule has 0 atom stereocenters. The standard InChI is InChI=1S/C15H20N4O2/c1-15(2,3)21-9-14(20)18-13-6-4-12(5-7-13)8-19-11-16-10-17-19/h4-7,10-11H,8-9H2,1-3H3,(H,18,20). The average molecular weight is 288 g/mol. The summed E-state index contributed by atoms with van der Waals surface area (Å²) in [6.07, 6.45) is 3.17. The van der Waals surface area contributed by atoms with Gasteiger partial charge in [-0.15, -0.1) is 0 Å². The van der Waals surface area contributed by atoms with E-state index in [-0.39, 0.29) is 18.1 Å². The van der Waals surface area contributed by atoms with Crippen LogP contribution in [-0.2, 0) is 16.1 Å². The van der Waals surface area contributed by atoms with Crippen LogP contribution in [-0.4, -0.2) is 32.9 Å². The van der Waals surface area contributed by atoms with Gasteiger partial charge in [-0.2, -0.15) is 5.10 Å². The number of ether oxygens (including phenoxy) is 1. The van der Waals surface area contributed by atoms with Crippen LogP contribution < -0.4 is 5.32 Å². The Kier molecular flexibility index (Phi) is 4.70. The molecular formula is C15H20N4O2. The number of amides is 1. The SMILES string of the molecule is CC(C)(C)OCC(=O)Nc1ccc(Cn2cncn2)cc1. The zero-order chi connectivity index (χ0) is 15.3. The minimum atomic E-state index is -0.320. The molecule has 0 saturated heterocycles. The summed E-state index contributed by atoms with van der Waals surface area (Å²) in [7, 11) is 0. The van der Waals surface area contributed by atoms with Crippen LogP contribution in [0.4, 0.5) is 5.69 Å². The Hall–Kier alpha value is -2.21. The molecule has 0 aliphatic heterocycles. The predicted octanol–water partition coefficient (Wildman–Crippen LogP) is 2.08. The number of aromatic nitrogens is 3. The number of nitrogens with one attached hydrogen (secondary N) is 1. The van der Waals surface area contributed by atoms with E-state index in [1.807, 2.05) is 45.0 Å². The maximum Gasteiger partial charge on any atom is 0.250 e. The third-order valence-electron chi connectivity index (χ3n) is 2.69. The highest BCUT2D eigenvalue weighted by atomic mass is 16.5. The van der Waals surface area contributed by atoms with Crippen LogP contribution in [0.25, 0.3) is 0 Å². The Morgan fingerprint density at radius 1 is 1.29 bits per heavy atom. The van der Waals surface area contributed by atoms with Crippen molar-refractivity contribution in [2.24, 2.45) is 0 Å². The van der Waals surface area contributed by atoms with Crippen molar-refractivity contribution in [3.8, 4) is 0 Å². The van der Waals surface area contributed by atoms with Crippen molar-refractivity contribution in [3.63, 3.8) is 0 Å². The van der Waals surface area contributed by atoms with Gasteiger partial charge in [-0.1, -0.05) is 12.1 Å². The molecule has 1 aromatic carbocycles. The van der Waals surface area contributed by atoms with Crippen molar-refractivity contribution in [2.75, 3.05) is 11.9 Å². The van der Waals surface area contributed by atoms with Crippen molar-refractivity contribution in [1.29, 1.82) is 0 Å². The molecule has 21 heavy (non-hydrogen) atoms. The van der Waals surface area contributed by atoms with E-state index < -0.39 is 0 Å². The highest BCUT2D eigenvalue weighted by Gasteiger charge is 2.12. The van der Waals surface area contributed by atoms with Crippen LogP contribution in [0.1, 0.15) is 26.3 Å². The molecule has 1 N–H and O–H groups in total. The van der Waals surface area contributed by atoms with Crippen molar-refractivity contribution in [1.82, 2.24) is 14.8 Å². The van der Waals surface area contributed by atoms with E-state index in [0.29, 0.717) is 6.54 Å². The fraction of sp³-hybridized carbons (Fsp3) is 0.400. The second kappa shape index (κ2) is 6.49. The van der Waals surface area contributed by atoms with E-state index in [1.54, 1.807) is 11.0 Å². The fourth-order valence-corrected chi connectivity index (χ4v) is 1.67. The lowest BCUT2D eigenvalue weighted by Gasteiger charge is -2.19. The molecule has 1 heterocycles. The van der Waals surface area contributed by atoms with Crippen molar-refractivity contribution >= 4 is 11.6 Å². The first kappa shape index (κ1) is 15.2. The summed E-state index contributed by atoms with van der Waals surface area (Å²) in [6.45, 7) is 6.45. The lowest BCUT2D eigenvalue weighted by atomic mass is 10.2. The lowest BCUT2D eigenvalue weighted by Crippen LogP contribution is -2.27. The number of carbonyl (C=O) groups excluding carboxylic acids is 1. The molecule has 112 valence electrons. The van der Waals surface area contributed by atoms with E-state index in [1.165, 1.54) is 6.33 Å². The molecule has 0 unspecified atom stereocenters. The van der Waals surface area contributed by atoms with Crippen LogP contribution in [0.2, 0.25) is 0 Å². The summed E-state index contributed by atoms with van der Waals surface area (Å²) in [6, 6.07) is 7.62. The number of benzene rings is 1.